The predicted octanol–water partition coefficient (Wildman–Crippen LogP) is 6.04. The van der Waals surface area contributed by atoms with Crippen LogP contribution in [0.5, 0.6) is 0 Å². The van der Waals surface area contributed by atoms with Gasteiger partial charge in [0.05, 0.1) is 23.9 Å². The van der Waals surface area contributed by atoms with E-state index in [0.717, 1.165) is 53.0 Å². The second kappa shape index (κ2) is 10.3. The lowest BCUT2D eigenvalue weighted by Gasteiger charge is -2.16. The Morgan fingerprint density at radius 3 is 2.41 bits per heavy atom. The molecule has 1 aliphatic rings. The maximum Gasteiger partial charge on any atom is 0.259 e. The van der Waals surface area contributed by atoms with Gasteiger partial charge in [-0.15, -0.1) is 5.10 Å². The molecule has 5 aromatic rings. The molecule has 2 aromatic heterocycles. The first-order valence-corrected chi connectivity index (χ1v) is 13.4. The van der Waals surface area contributed by atoms with Crippen LogP contribution in [-0.2, 0) is 19.4 Å². The van der Waals surface area contributed by atoms with E-state index in [9.17, 15) is 14.4 Å². The van der Waals surface area contributed by atoms with Gasteiger partial charge in [-0.05, 0) is 59.7 Å². The lowest BCUT2D eigenvalue weighted by Crippen LogP contribution is -2.30. The van der Waals surface area contributed by atoms with Crippen molar-refractivity contribution in [3.05, 3.63) is 123 Å². The third-order valence-electron chi connectivity index (χ3n) is 7.33. The van der Waals surface area contributed by atoms with Crippen LogP contribution in [0.2, 0.25) is 0 Å². The molecule has 1 aliphatic carbocycles. The normalized spacial score (nSPS) is 13.1. The molecule has 3 aromatic carbocycles. The van der Waals surface area contributed by atoms with Gasteiger partial charge < -0.3 is 0 Å². The van der Waals surface area contributed by atoms with Crippen LogP contribution in [0.3, 0.4) is 0 Å². The second-order valence-electron chi connectivity index (χ2n) is 10.2. The molecular formula is C32H28FN5O. The lowest BCUT2D eigenvalue weighted by atomic mass is 9.97. The van der Waals surface area contributed by atoms with Crippen LogP contribution in [0.25, 0.3) is 16.9 Å². The summed E-state index contributed by atoms with van der Waals surface area (Å²) in [6, 6.07) is 24.1. The highest BCUT2D eigenvalue weighted by atomic mass is 19.1. The Morgan fingerprint density at radius 2 is 1.72 bits per heavy atom. The first kappa shape index (κ1) is 24.7. The number of aryl methyl sites for hydroxylation is 1. The van der Waals surface area contributed by atoms with Gasteiger partial charge in [0, 0.05) is 17.9 Å². The van der Waals surface area contributed by atoms with Crippen molar-refractivity contribution in [2.24, 2.45) is 0 Å². The van der Waals surface area contributed by atoms with Crippen LogP contribution in [0.4, 0.5) is 4.39 Å². The van der Waals surface area contributed by atoms with Crippen molar-refractivity contribution < 1.29 is 4.39 Å². The molecule has 0 radical (unpaired) electrons. The van der Waals surface area contributed by atoms with Crippen LogP contribution in [0.1, 0.15) is 65.9 Å². The molecule has 1 fully saturated rings. The molecule has 0 saturated heterocycles. The van der Waals surface area contributed by atoms with E-state index in [0.29, 0.717) is 35.7 Å². The molecule has 194 valence electrons. The zero-order chi connectivity index (χ0) is 26.9. The van der Waals surface area contributed by atoms with Crippen molar-refractivity contribution in [2.75, 3.05) is 0 Å². The fraction of sp³-hybridized carbons (Fsp3) is 0.250. The summed E-state index contributed by atoms with van der Waals surface area (Å²) in [5, 5.41) is 14.4. The summed E-state index contributed by atoms with van der Waals surface area (Å²) >= 11 is 0. The summed E-state index contributed by atoms with van der Waals surface area (Å²) in [5.41, 5.74) is 5.79. The highest BCUT2D eigenvalue weighted by Gasteiger charge is 2.30. The largest absolute Gasteiger partial charge is 0.272 e. The molecule has 0 unspecified atom stereocenters. The molecule has 7 heteroatoms. The molecule has 2 heterocycles. The molecule has 0 bridgehead atoms. The van der Waals surface area contributed by atoms with E-state index >= 15 is 0 Å². The molecule has 0 N–H and O–H groups in total. The van der Waals surface area contributed by atoms with Crippen LogP contribution < -0.4 is 5.56 Å². The van der Waals surface area contributed by atoms with Gasteiger partial charge in [-0.2, -0.15) is 10.2 Å². The SMILES string of the molecule is CCCc1c(Cc2ccc(-c3ccccc3C#N)cc2)c(=O)n(Cc2ccc(F)cc2)c2nc(C3CC3)nn12. The van der Waals surface area contributed by atoms with Crippen molar-refractivity contribution in [1.29, 1.82) is 5.26 Å². The van der Waals surface area contributed by atoms with Crippen molar-refractivity contribution in [2.45, 2.75) is 51.5 Å². The third kappa shape index (κ3) is 4.86. The molecular weight excluding hydrogens is 489 g/mol. The Labute approximate surface area is 226 Å². The average Bonchev–Trinajstić information content (AvgIpc) is 3.72. The Kier molecular flexibility index (Phi) is 6.54. The summed E-state index contributed by atoms with van der Waals surface area (Å²) < 4.78 is 17.1. The molecule has 1 saturated carbocycles. The minimum atomic E-state index is -0.311. The van der Waals surface area contributed by atoms with Crippen molar-refractivity contribution in [1.82, 2.24) is 19.2 Å². The number of halogens is 1. The minimum absolute atomic E-state index is 0.0936. The number of nitrogens with zero attached hydrogens (tertiary/aromatic N) is 5. The molecule has 0 atom stereocenters. The summed E-state index contributed by atoms with van der Waals surface area (Å²) in [4.78, 5) is 18.9. The maximum atomic E-state index is 14.1. The van der Waals surface area contributed by atoms with Gasteiger partial charge in [-0.1, -0.05) is 67.9 Å². The molecule has 39 heavy (non-hydrogen) atoms. The standard InChI is InChI=1S/C32H28FN5O/c1-2-5-29-28(18-21-8-12-23(13-9-21)27-7-4-3-6-25(27)19-34)31(39)37(20-22-10-16-26(33)17-11-22)32-35-30(24-14-15-24)36-38(29)32/h3-4,6-13,16-17,24H,2,5,14-15,18,20H2,1H3. The molecule has 0 spiro atoms. The number of benzene rings is 3. The van der Waals surface area contributed by atoms with Crippen molar-refractivity contribution in [3.63, 3.8) is 0 Å². The van der Waals surface area contributed by atoms with Gasteiger partial charge in [-0.3, -0.25) is 9.36 Å². The van der Waals surface area contributed by atoms with Crippen LogP contribution >= 0.6 is 0 Å². The van der Waals surface area contributed by atoms with Crippen LogP contribution in [-0.4, -0.2) is 19.2 Å². The van der Waals surface area contributed by atoms with E-state index in [2.05, 4.69) is 13.0 Å². The minimum Gasteiger partial charge on any atom is -0.272 e. The van der Waals surface area contributed by atoms with Gasteiger partial charge >= 0.3 is 0 Å². The van der Waals surface area contributed by atoms with Gasteiger partial charge in [0.15, 0.2) is 5.82 Å². The predicted molar refractivity (Wildman–Crippen MR) is 148 cm³/mol. The van der Waals surface area contributed by atoms with Crippen LogP contribution in [0, 0.1) is 17.1 Å². The highest BCUT2D eigenvalue weighted by Crippen LogP contribution is 2.38. The Morgan fingerprint density at radius 1 is 1.00 bits per heavy atom. The summed E-state index contributed by atoms with van der Waals surface area (Å²) in [5.74, 6) is 1.37. The monoisotopic (exact) mass is 517 g/mol. The molecule has 6 rings (SSSR count). The number of fused-ring (bicyclic) bond motifs is 1. The third-order valence-corrected chi connectivity index (χ3v) is 7.33. The van der Waals surface area contributed by atoms with E-state index in [1.165, 1.54) is 12.1 Å². The second-order valence-corrected chi connectivity index (χ2v) is 10.2. The fourth-order valence-corrected chi connectivity index (χ4v) is 5.12. The van der Waals surface area contributed by atoms with Gasteiger partial charge in [0.2, 0.25) is 5.78 Å². The summed E-state index contributed by atoms with van der Waals surface area (Å²) in [6.45, 7) is 2.38. The smallest absolute Gasteiger partial charge is 0.259 e. The maximum absolute atomic E-state index is 14.1. The Bertz CT molecular complexity index is 1760. The molecule has 0 aliphatic heterocycles. The van der Waals surface area contributed by atoms with Crippen molar-refractivity contribution in [3.8, 4) is 17.2 Å². The quantitative estimate of drug-likeness (QED) is 0.252. The van der Waals surface area contributed by atoms with E-state index in [-0.39, 0.29) is 17.9 Å². The van der Waals surface area contributed by atoms with Gasteiger partial charge in [0.25, 0.3) is 5.56 Å². The van der Waals surface area contributed by atoms with Gasteiger partial charge in [0.1, 0.15) is 5.82 Å². The topological polar surface area (TPSA) is 76.0 Å². The van der Waals surface area contributed by atoms with E-state index < -0.39 is 0 Å². The van der Waals surface area contributed by atoms with E-state index in [1.807, 2.05) is 53.0 Å². The lowest BCUT2D eigenvalue weighted by molar-refractivity contribution is 0.625. The Hall–Kier alpha value is -4.57. The number of hydrogen-bond donors (Lipinski definition) is 0. The zero-order valence-electron chi connectivity index (χ0n) is 21.8. The molecule has 0 amide bonds. The van der Waals surface area contributed by atoms with Crippen molar-refractivity contribution >= 4 is 5.78 Å². The zero-order valence-corrected chi connectivity index (χ0v) is 21.8. The fourth-order valence-electron chi connectivity index (χ4n) is 5.12. The summed E-state index contributed by atoms with van der Waals surface area (Å²) in [7, 11) is 0. The first-order chi connectivity index (χ1) is 19.1. The average molecular weight is 518 g/mol. The number of rotatable bonds is 8. The van der Waals surface area contributed by atoms with E-state index in [4.69, 9.17) is 10.1 Å². The van der Waals surface area contributed by atoms with Gasteiger partial charge in [-0.25, -0.2) is 8.91 Å². The number of hydrogen-bond acceptors (Lipinski definition) is 4. The van der Waals surface area contributed by atoms with Crippen LogP contribution in [0.15, 0.2) is 77.6 Å². The Balaban J connectivity index is 1.45. The number of nitriles is 1. The highest BCUT2D eigenvalue weighted by molar-refractivity contribution is 5.70. The van der Waals surface area contributed by atoms with E-state index in [1.54, 1.807) is 16.7 Å². The first-order valence-electron chi connectivity index (χ1n) is 13.4. The summed E-state index contributed by atoms with van der Waals surface area (Å²) in [6.07, 6.45) is 4.16. The number of aromatic nitrogens is 4. The molecule has 6 nitrogen and oxygen atoms in total.